The van der Waals surface area contributed by atoms with Gasteiger partial charge in [-0.15, -0.1) is 0 Å². The third kappa shape index (κ3) is 2.06. The Morgan fingerprint density at radius 1 is 1.18 bits per heavy atom. The summed E-state index contributed by atoms with van der Waals surface area (Å²) in [6.07, 6.45) is 5.98. The minimum absolute atomic E-state index is 0.146. The standard InChI is InChI=1S/C12H17N3O2/c16-10-6-2-1-5-9(10)11-13-12(14-17-11)15-7-3-4-8-15/h9H,1-8H2. The van der Waals surface area contributed by atoms with E-state index in [4.69, 9.17) is 4.52 Å². The second-order valence-corrected chi connectivity index (χ2v) is 4.89. The quantitative estimate of drug-likeness (QED) is 0.783. The molecule has 3 rings (SSSR count). The van der Waals surface area contributed by atoms with Crippen molar-refractivity contribution >= 4 is 11.7 Å². The molecule has 92 valence electrons. The van der Waals surface area contributed by atoms with E-state index in [0.29, 0.717) is 18.3 Å². The molecule has 0 aromatic carbocycles. The average molecular weight is 235 g/mol. The molecule has 1 aliphatic carbocycles. The van der Waals surface area contributed by atoms with Gasteiger partial charge in [0.1, 0.15) is 5.78 Å². The first-order chi connectivity index (χ1) is 8.34. The highest BCUT2D eigenvalue weighted by Gasteiger charge is 2.30. The molecule has 2 heterocycles. The fraction of sp³-hybridized carbons (Fsp3) is 0.750. The first-order valence-electron chi connectivity index (χ1n) is 6.46. The second-order valence-electron chi connectivity index (χ2n) is 4.89. The summed E-state index contributed by atoms with van der Waals surface area (Å²) >= 11 is 0. The summed E-state index contributed by atoms with van der Waals surface area (Å²) in [6, 6.07) is 0. The van der Waals surface area contributed by atoms with E-state index in [-0.39, 0.29) is 11.7 Å². The molecule has 2 fully saturated rings. The predicted octanol–water partition coefficient (Wildman–Crippen LogP) is 1.90. The minimum atomic E-state index is -0.146. The summed E-state index contributed by atoms with van der Waals surface area (Å²) in [5.74, 6) is 1.30. The van der Waals surface area contributed by atoms with Crippen LogP contribution in [0.25, 0.3) is 0 Å². The van der Waals surface area contributed by atoms with E-state index >= 15 is 0 Å². The number of anilines is 1. The third-order valence-electron chi connectivity index (χ3n) is 3.67. The predicted molar refractivity (Wildman–Crippen MR) is 62.0 cm³/mol. The minimum Gasteiger partial charge on any atom is -0.338 e. The van der Waals surface area contributed by atoms with Crippen LogP contribution in [0.4, 0.5) is 5.95 Å². The maximum absolute atomic E-state index is 11.8. The molecule has 0 radical (unpaired) electrons. The normalized spacial score (nSPS) is 25.5. The zero-order valence-electron chi connectivity index (χ0n) is 9.89. The van der Waals surface area contributed by atoms with Gasteiger partial charge in [-0.25, -0.2) is 0 Å². The second kappa shape index (κ2) is 4.47. The van der Waals surface area contributed by atoms with Gasteiger partial charge in [-0.3, -0.25) is 4.79 Å². The van der Waals surface area contributed by atoms with Crippen molar-refractivity contribution in [1.29, 1.82) is 0 Å². The lowest BCUT2D eigenvalue weighted by Crippen LogP contribution is -2.20. The molecule has 0 bridgehead atoms. The molecule has 2 aliphatic rings. The number of hydrogen-bond acceptors (Lipinski definition) is 5. The Morgan fingerprint density at radius 3 is 2.76 bits per heavy atom. The molecule has 1 saturated carbocycles. The maximum Gasteiger partial charge on any atom is 0.266 e. The van der Waals surface area contributed by atoms with Crippen LogP contribution < -0.4 is 4.90 Å². The van der Waals surface area contributed by atoms with Crippen LogP contribution in [0.5, 0.6) is 0 Å². The molecule has 0 amide bonds. The molecule has 1 unspecified atom stereocenters. The number of rotatable bonds is 2. The highest BCUT2D eigenvalue weighted by Crippen LogP contribution is 2.30. The lowest BCUT2D eigenvalue weighted by atomic mass is 9.88. The number of Topliss-reactive ketones (excluding diaryl/α,β-unsaturated/α-hetero) is 1. The van der Waals surface area contributed by atoms with Crippen LogP contribution in [0.3, 0.4) is 0 Å². The summed E-state index contributed by atoms with van der Waals surface area (Å²) in [6.45, 7) is 2.00. The van der Waals surface area contributed by atoms with Gasteiger partial charge in [0.05, 0.1) is 5.92 Å². The van der Waals surface area contributed by atoms with Crippen molar-refractivity contribution in [3.05, 3.63) is 5.89 Å². The van der Waals surface area contributed by atoms with Crippen molar-refractivity contribution in [2.75, 3.05) is 18.0 Å². The molecule has 1 atom stereocenters. The van der Waals surface area contributed by atoms with Gasteiger partial charge in [0.25, 0.3) is 5.95 Å². The molecule has 1 aromatic rings. The van der Waals surface area contributed by atoms with E-state index in [1.165, 1.54) is 12.8 Å². The molecule has 0 N–H and O–H groups in total. The zero-order chi connectivity index (χ0) is 11.7. The summed E-state index contributed by atoms with van der Waals surface area (Å²) in [5.41, 5.74) is 0. The number of carbonyl (C=O) groups is 1. The summed E-state index contributed by atoms with van der Waals surface area (Å²) in [4.78, 5) is 18.3. The van der Waals surface area contributed by atoms with Crippen LogP contribution in [0.2, 0.25) is 0 Å². The molecular weight excluding hydrogens is 218 g/mol. The van der Waals surface area contributed by atoms with Crippen molar-refractivity contribution in [3.63, 3.8) is 0 Å². The van der Waals surface area contributed by atoms with Crippen molar-refractivity contribution in [2.24, 2.45) is 0 Å². The van der Waals surface area contributed by atoms with Crippen LogP contribution in [0.15, 0.2) is 4.52 Å². The number of ketones is 1. The lowest BCUT2D eigenvalue weighted by molar-refractivity contribution is -0.122. The lowest BCUT2D eigenvalue weighted by Gasteiger charge is -2.16. The molecular formula is C12H17N3O2. The largest absolute Gasteiger partial charge is 0.338 e. The van der Waals surface area contributed by atoms with Gasteiger partial charge < -0.3 is 9.42 Å². The van der Waals surface area contributed by atoms with E-state index in [1.807, 2.05) is 0 Å². The fourth-order valence-electron chi connectivity index (χ4n) is 2.66. The van der Waals surface area contributed by atoms with Crippen molar-refractivity contribution in [1.82, 2.24) is 10.1 Å². The number of aromatic nitrogens is 2. The summed E-state index contributed by atoms with van der Waals surface area (Å²) in [5, 5.41) is 4.00. The van der Waals surface area contributed by atoms with Gasteiger partial charge >= 0.3 is 0 Å². The van der Waals surface area contributed by atoms with Crippen LogP contribution in [0, 0.1) is 0 Å². The van der Waals surface area contributed by atoms with E-state index in [9.17, 15) is 4.79 Å². The topological polar surface area (TPSA) is 59.2 Å². The Morgan fingerprint density at radius 2 is 2.00 bits per heavy atom. The summed E-state index contributed by atoms with van der Waals surface area (Å²) in [7, 11) is 0. The highest BCUT2D eigenvalue weighted by molar-refractivity contribution is 5.85. The van der Waals surface area contributed by atoms with Crippen LogP contribution in [-0.2, 0) is 4.79 Å². The van der Waals surface area contributed by atoms with Gasteiger partial charge in [0.2, 0.25) is 5.89 Å². The molecule has 1 saturated heterocycles. The van der Waals surface area contributed by atoms with Gasteiger partial charge in [0, 0.05) is 19.5 Å². The monoisotopic (exact) mass is 235 g/mol. The van der Waals surface area contributed by atoms with Crippen LogP contribution in [-0.4, -0.2) is 29.0 Å². The highest BCUT2D eigenvalue weighted by atomic mass is 16.5. The van der Waals surface area contributed by atoms with Gasteiger partial charge in [-0.05, 0) is 30.8 Å². The molecule has 5 nitrogen and oxygen atoms in total. The SMILES string of the molecule is O=C1CCCCC1c1nc(N2CCCC2)no1. The van der Waals surface area contributed by atoms with E-state index in [2.05, 4.69) is 15.0 Å². The smallest absolute Gasteiger partial charge is 0.266 e. The Hall–Kier alpha value is -1.39. The molecule has 0 spiro atoms. The first-order valence-corrected chi connectivity index (χ1v) is 6.46. The fourth-order valence-corrected chi connectivity index (χ4v) is 2.66. The van der Waals surface area contributed by atoms with Crippen molar-refractivity contribution in [3.8, 4) is 0 Å². The van der Waals surface area contributed by atoms with Crippen molar-refractivity contribution < 1.29 is 9.32 Å². The van der Waals surface area contributed by atoms with Crippen LogP contribution in [0.1, 0.15) is 50.3 Å². The first kappa shape index (κ1) is 10.7. The molecule has 17 heavy (non-hydrogen) atoms. The van der Waals surface area contributed by atoms with Gasteiger partial charge in [-0.1, -0.05) is 6.42 Å². The zero-order valence-corrected chi connectivity index (χ0v) is 9.89. The van der Waals surface area contributed by atoms with Crippen LogP contribution >= 0.6 is 0 Å². The molecule has 1 aromatic heterocycles. The van der Waals surface area contributed by atoms with Gasteiger partial charge in [0.15, 0.2) is 0 Å². The number of nitrogens with zero attached hydrogens (tertiary/aromatic N) is 3. The summed E-state index contributed by atoms with van der Waals surface area (Å²) < 4.78 is 5.26. The van der Waals surface area contributed by atoms with Gasteiger partial charge in [-0.2, -0.15) is 4.98 Å². The Balaban J connectivity index is 1.76. The maximum atomic E-state index is 11.8. The Kier molecular flexibility index (Phi) is 2.82. The van der Waals surface area contributed by atoms with E-state index in [1.54, 1.807) is 0 Å². The Bertz CT molecular complexity index is 410. The third-order valence-corrected chi connectivity index (χ3v) is 3.67. The van der Waals surface area contributed by atoms with Crippen molar-refractivity contribution in [2.45, 2.75) is 44.4 Å². The van der Waals surface area contributed by atoms with E-state index < -0.39 is 0 Å². The number of carbonyl (C=O) groups excluding carboxylic acids is 1. The van der Waals surface area contributed by atoms with E-state index in [0.717, 1.165) is 32.4 Å². The average Bonchev–Trinajstić information content (AvgIpc) is 3.00. The molecule has 5 heteroatoms. The number of hydrogen-bond donors (Lipinski definition) is 0. The molecule has 1 aliphatic heterocycles. The Labute approximate surface area is 100 Å².